The molecule has 5 heteroatoms. The Morgan fingerprint density at radius 1 is 1.19 bits per heavy atom. The van der Waals surface area contributed by atoms with Crippen LogP contribution in [0.3, 0.4) is 0 Å². The summed E-state index contributed by atoms with van der Waals surface area (Å²) in [5, 5.41) is 17.1. The van der Waals surface area contributed by atoms with Gasteiger partial charge in [0.1, 0.15) is 0 Å². The molecule has 5 nitrogen and oxygen atoms in total. The third kappa shape index (κ3) is 3.13. The van der Waals surface area contributed by atoms with E-state index in [9.17, 15) is 9.90 Å². The van der Waals surface area contributed by atoms with Gasteiger partial charge in [0.2, 0.25) is 0 Å². The Kier molecular flexibility index (Phi) is 4.01. The Bertz CT molecular complexity index is 609. The molecule has 1 amide bonds. The number of amides is 1. The first-order valence-electron chi connectivity index (χ1n) is 7.34. The third-order valence-electron chi connectivity index (χ3n) is 3.89. The van der Waals surface area contributed by atoms with Gasteiger partial charge in [0.25, 0.3) is 5.91 Å². The summed E-state index contributed by atoms with van der Waals surface area (Å²) in [4.78, 5) is 12.2. The predicted octanol–water partition coefficient (Wildman–Crippen LogP) is 1.91. The van der Waals surface area contributed by atoms with Crippen LogP contribution in [0.25, 0.3) is 5.69 Å². The predicted molar refractivity (Wildman–Crippen MR) is 79.3 cm³/mol. The Hall–Kier alpha value is -2.14. The number of aliphatic hydroxyl groups is 1. The summed E-state index contributed by atoms with van der Waals surface area (Å²) < 4.78 is 1.67. The second-order valence-corrected chi connectivity index (χ2v) is 5.41. The Balaban J connectivity index is 1.69. The fourth-order valence-electron chi connectivity index (χ4n) is 2.69. The number of rotatable bonds is 3. The van der Waals surface area contributed by atoms with Gasteiger partial charge >= 0.3 is 0 Å². The summed E-state index contributed by atoms with van der Waals surface area (Å²) in [6.07, 6.45) is 4.97. The lowest BCUT2D eigenvalue weighted by Gasteiger charge is -2.27. The van der Waals surface area contributed by atoms with E-state index in [0.717, 1.165) is 31.4 Å². The molecule has 2 aromatic rings. The van der Waals surface area contributed by atoms with Crippen molar-refractivity contribution in [2.24, 2.45) is 0 Å². The first-order chi connectivity index (χ1) is 10.2. The largest absolute Gasteiger partial charge is 0.391 e. The van der Waals surface area contributed by atoms with E-state index in [4.69, 9.17) is 0 Å². The molecule has 1 aliphatic rings. The van der Waals surface area contributed by atoms with Crippen LogP contribution < -0.4 is 5.32 Å². The highest BCUT2D eigenvalue weighted by Crippen LogP contribution is 2.18. The Morgan fingerprint density at radius 3 is 2.71 bits per heavy atom. The zero-order chi connectivity index (χ0) is 14.7. The summed E-state index contributed by atoms with van der Waals surface area (Å²) >= 11 is 0. The van der Waals surface area contributed by atoms with E-state index in [2.05, 4.69) is 10.4 Å². The lowest BCUT2D eigenvalue weighted by Crippen LogP contribution is -2.45. The molecule has 0 bridgehead atoms. The summed E-state index contributed by atoms with van der Waals surface area (Å²) in [6.45, 7) is 0. The van der Waals surface area contributed by atoms with Crippen LogP contribution in [0.15, 0.2) is 42.6 Å². The van der Waals surface area contributed by atoms with Crippen molar-refractivity contribution in [3.8, 4) is 5.69 Å². The van der Waals surface area contributed by atoms with E-state index in [0.29, 0.717) is 5.69 Å². The minimum Gasteiger partial charge on any atom is -0.391 e. The number of hydrogen-bond acceptors (Lipinski definition) is 3. The lowest BCUT2D eigenvalue weighted by molar-refractivity contribution is 0.0713. The third-order valence-corrected chi connectivity index (χ3v) is 3.89. The molecule has 0 spiro atoms. The number of hydrogen-bond donors (Lipinski definition) is 2. The van der Waals surface area contributed by atoms with Gasteiger partial charge in [-0.15, -0.1) is 0 Å². The first kappa shape index (κ1) is 13.8. The van der Waals surface area contributed by atoms with Gasteiger partial charge in [0.15, 0.2) is 5.69 Å². The lowest BCUT2D eigenvalue weighted by atomic mass is 9.92. The van der Waals surface area contributed by atoms with Crippen molar-refractivity contribution >= 4 is 5.91 Å². The van der Waals surface area contributed by atoms with Crippen LogP contribution in [0.5, 0.6) is 0 Å². The van der Waals surface area contributed by atoms with E-state index in [1.165, 1.54) is 0 Å². The van der Waals surface area contributed by atoms with Gasteiger partial charge in [0, 0.05) is 6.20 Å². The van der Waals surface area contributed by atoms with E-state index in [1.807, 2.05) is 30.3 Å². The Labute approximate surface area is 123 Å². The molecule has 1 fully saturated rings. The van der Waals surface area contributed by atoms with Gasteiger partial charge in [-0.25, -0.2) is 4.68 Å². The van der Waals surface area contributed by atoms with Gasteiger partial charge in [-0.2, -0.15) is 5.10 Å². The van der Waals surface area contributed by atoms with Crippen LogP contribution >= 0.6 is 0 Å². The molecule has 0 radical (unpaired) electrons. The summed E-state index contributed by atoms with van der Waals surface area (Å²) in [5.41, 5.74) is 1.28. The SMILES string of the molecule is O=C(N[C@@H]1CCCC[C@H]1O)c1ccn(-c2ccccc2)n1. The maximum Gasteiger partial charge on any atom is 0.272 e. The zero-order valence-electron chi connectivity index (χ0n) is 11.8. The molecule has 1 aromatic heterocycles. The average molecular weight is 285 g/mol. The Morgan fingerprint density at radius 2 is 1.95 bits per heavy atom. The highest BCUT2D eigenvalue weighted by Gasteiger charge is 2.25. The van der Waals surface area contributed by atoms with E-state index in [1.54, 1.807) is 16.9 Å². The van der Waals surface area contributed by atoms with Crippen molar-refractivity contribution in [2.45, 2.75) is 37.8 Å². The monoisotopic (exact) mass is 285 g/mol. The van der Waals surface area contributed by atoms with E-state index >= 15 is 0 Å². The molecule has 1 heterocycles. The number of nitrogens with zero attached hydrogens (tertiary/aromatic N) is 2. The van der Waals surface area contributed by atoms with Crippen molar-refractivity contribution in [2.75, 3.05) is 0 Å². The molecule has 2 atom stereocenters. The fourth-order valence-corrected chi connectivity index (χ4v) is 2.69. The van der Waals surface area contributed by atoms with E-state index in [-0.39, 0.29) is 11.9 Å². The molecule has 0 unspecified atom stereocenters. The summed E-state index contributed by atoms with van der Waals surface area (Å²) in [7, 11) is 0. The average Bonchev–Trinajstić information content (AvgIpc) is 3.00. The van der Waals surface area contributed by atoms with Gasteiger partial charge in [-0.1, -0.05) is 31.0 Å². The highest BCUT2D eigenvalue weighted by atomic mass is 16.3. The van der Waals surface area contributed by atoms with Crippen LogP contribution in [0.1, 0.15) is 36.2 Å². The van der Waals surface area contributed by atoms with Crippen LogP contribution in [0.4, 0.5) is 0 Å². The smallest absolute Gasteiger partial charge is 0.272 e. The molecule has 0 aliphatic heterocycles. The van der Waals surface area contributed by atoms with Gasteiger partial charge in [-0.3, -0.25) is 4.79 Å². The minimum atomic E-state index is -0.445. The maximum atomic E-state index is 12.2. The zero-order valence-corrected chi connectivity index (χ0v) is 11.8. The molecule has 21 heavy (non-hydrogen) atoms. The fraction of sp³-hybridized carbons (Fsp3) is 0.375. The molecule has 2 N–H and O–H groups in total. The number of carbonyl (C=O) groups excluding carboxylic acids is 1. The molecule has 1 saturated carbocycles. The van der Waals surface area contributed by atoms with Crippen LogP contribution in [0, 0.1) is 0 Å². The van der Waals surface area contributed by atoms with Crippen LogP contribution in [0.2, 0.25) is 0 Å². The van der Waals surface area contributed by atoms with Crippen molar-refractivity contribution in [1.29, 1.82) is 0 Å². The number of carbonyl (C=O) groups is 1. The number of aliphatic hydroxyl groups excluding tert-OH is 1. The van der Waals surface area contributed by atoms with Crippen molar-refractivity contribution in [3.05, 3.63) is 48.3 Å². The second-order valence-electron chi connectivity index (χ2n) is 5.41. The standard InChI is InChI=1S/C16H19N3O2/c20-15-9-5-4-8-13(15)17-16(21)14-10-11-19(18-14)12-6-2-1-3-7-12/h1-3,6-7,10-11,13,15,20H,4-5,8-9H2,(H,17,21)/t13-,15-/m1/s1. The number of nitrogens with one attached hydrogen (secondary N) is 1. The minimum absolute atomic E-state index is 0.159. The maximum absolute atomic E-state index is 12.2. The molecule has 110 valence electrons. The normalized spacial score (nSPS) is 22.0. The van der Waals surface area contributed by atoms with E-state index < -0.39 is 6.10 Å². The molecular weight excluding hydrogens is 266 g/mol. The molecule has 3 rings (SSSR count). The second kappa shape index (κ2) is 6.10. The van der Waals surface area contributed by atoms with Gasteiger partial charge in [-0.05, 0) is 31.0 Å². The number of benzene rings is 1. The van der Waals surface area contributed by atoms with Crippen molar-refractivity contribution in [3.63, 3.8) is 0 Å². The molecule has 0 saturated heterocycles. The first-order valence-corrected chi connectivity index (χ1v) is 7.34. The van der Waals surface area contributed by atoms with Crippen LogP contribution in [-0.4, -0.2) is 32.9 Å². The van der Waals surface area contributed by atoms with Crippen LogP contribution in [-0.2, 0) is 0 Å². The van der Waals surface area contributed by atoms with Crippen molar-refractivity contribution < 1.29 is 9.90 Å². The van der Waals surface area contributed by atoms with Gasteiger partial charge in [0.05, 0.1) is 17.8 Å². The highest BCUT2D eigenvalue weighted by molar-refractivity contribution is 5.92. The molecule has 1 aromatic carbocycles. The number of aromatic nitrogens is 2. The molecule has 1 aliphatic carbocycles. The van der Waals surface area contributed by atoms with Gasteiger partial charge < -0.3 is 10.4 Å². The summed E-state index contributed by atoms with van der Waals surface area (Å²) in [5.74, 6) is -0.226. The van der Waals surface area contributed by atoms with Crippen molar-refractivity contribution in [1.82, 2.24) is 15.1 Å². The quantitative estimate of drug-likeness (QED) is 0.905. The molecular formula is C16H19N3O2. The number of para-hydroxylation sites is 1. The topological polar surface area (TPSA) is 67.2 Å². The summed E-state index contributed by atoms with van der Waals surface area (Å²) in [6, 6.07) is 11.2.